The summed E-state index contributed by atoms with van der Waals surface area (Å²) in [5.74, 6) is 0.647. The lowest BCUT2D eigenvalue weighted by atomic mass is 10.0. The van der Waals surface area contributed by atoms with Gasteiger partial charge < -0.3 is 14.2 Å². The van der Waals surface area contributed by atoms with Crippen LogP contribution < -0.4 is 4.74 Å². The normalized spacial score (nSPS) is 11.0. The highest BCUT2D eigenvalue weighted by molar-refractivity contribution is 5.98. The lowest BCUT2D eigenvalue weighted by Gasteiger charge is -2.19. The number of carbonyl (C=O) groups excluding carboxylic acids is 1. The van der Waals surface area contributed by atoms with Crippen molar-refractivity contribution in [1.82, 2.24) is 0 Å². The molecule has 24 heavy (non-hydrogen) atoms. The Labute approximate surface area is 146 Å². The predicted molar refractivity (Wildman–Crippen MR) is 96.4 cm³/mol. The van der Waals surface area contributed by atoms with Crippen LogP contribution in [-0.2, 0) is 9.47 Å². The molecule has 0 heterocycles. The van der Waals surface area contributed by atoms with Crippen molar-refractivity contribution in [1.29, 1.82) is 0 Å². The van der Waals surface area contributed by atoms with Gasteiger partial charge in [0.2, 0.25) is 0 Å². The molecular formula is C20H32O4. The van der Waals surface area contributed by atoms with Gasteiger partial charge in [-0.25, -0.2) is 0 Å². The summed E-state index contributed by atoms with van der Waals surface area (Å²) in [6.07, 6.45) is 7.57. The molecule has 0 radical (unpaired) electrons. The molecule has 0 amide bonds. The maximum absolute atomic E-state index is 12.5. The molecule has 0 spiro atoms. The summed E-state index contributed by atoms with van der Waals surface area (Å²) in [6.45, 7) is 6.16. The van der Waals surface area contributed by atoms with E-state index >= 15 is 0 Å². The number of benzene rings is 1. The van der Waals surface area contributed by atoms with E-state index in [1.807, 2.05) is 32.0 Å². The van der Waals surface area contributed by atoms with Crippen LogP contribution in [0, 0.1) is 0 Å². The molecule has 0 saturated carbocycles. The monoisotopic (exact) mass is 336 g/mol. The molecule has 0 fully saturated rings. The highest BCUT2D eigenvalue weighted by atomic mass is 16.8. The number of ether oxygens (including phenoxy) is 3. The van der Waals surface area contributed by atoms with E-state index < -0.39 is 6.48 Å². The second kappa shape index (κ2) is 13.0. The summed E-state index contributed by atoms with van der Waals surface area (Å²) in [7, 11) is 0. The van der Waals surface area contributed by atoms with E-state index in [1.54, 1.807) is 6.07 Å². The lowest BCUT2D eigenvalue weighted by molar-refractivity contribution is -0.242. The zero-order valence-electron chi connectivity index (χ0n) is 15.4. The first-order chi connectivity index (χ1) is 11.7. The molecule has 0 unspecified atom stereocenters. The minimum atomic E-state index is -0.775. The van der Waals surface area contributed by atoms with Gasteiger partial charge in [-0.05, 0) is 32.4 Å². The van der Waals surface area contributed by atoms with Gasteiger partial charge in [0.1, 0.15) is 5.75 Å². The van der Waals surface area contributed by atoms with Crippen molar-refractivity contribution in [3.05, 3.63) is 29.8 Å². The zero-order chi connectivity index (χ0) is 17.6. The average Bonchev–Trinajstić information content (AvgIpc) is 2.59. The summed E-state index contributed by atoms with van der Waals surface area (Å²) in [5.41, 5.74) is 0.607. The Bertz CT molecular complexity index is 453. The first-order valence-electron chi connectivity index (χ1n) is 9.24. The second-order valence-corrected chi connectivity index (χ2v) is 5.75. The molecule has 0 aliphatic rings. The van der Waals surface area contributed by atoms with Gasteiger partial charge in [0.05, 0.1) is 18.8 Å². The van der Waals surface area contributed by atoms with Crippen LogP contribution in [0.5, 0.6) is 5.75 Å². The largest absolute Gasteiger partial charge is 0.440 e. The maximum Gasteiger partial charge on any atom is 0.315 e. The molecule has 0 saturated heterocycles. The quantitative estimate of drug-likeness (QED) is 0.261. The number of hydrogen-bond acceptors (Lipinski definition) is 4. The number of rotatable bonds is 14. The Morgan fingerprint density at radius 1 is 0.917 bits per heavy atom. The number of Topliss-reactive ketones (excluding diaryl/α,β-unsaturated/α-hetero) is 1. The van der Waals surface area contributed by atoms with Crippen molar-refractivity contribution >= 4 is 5.78 Å². The molecule has 4 heteroatoms. The molecule has 1 aromatic carbocycles. The highest BCUT2D eigenvalue weighted by Gasteiger charge is 2.16. The molecule has 1 rings (SSSR count). The first-order valence-corrected chi connectivity index (χ1v) is 9.24. The molecule has 0 atom stereocenters. The molecule has 0 aliphatic carbocycles. The number of hydrogen-bond donors (Lipinski definition) is 0. The minimum Gasteiger partial charge on any atom is -0.440 e. The predicted octanol–water partition coefficient (Wildman–Crippen LogP) is 5.36. The summed E-state index contributed by atoms with van der Waals surface area (Å²) in [6, 6.07) is 7.31. The third kappa shape index (κ3) is 7.93. The number of carbonyl (C=O) groups is 1. The molecule has 0 N–H and O–H groups in total. The van der Waals surface area contributed by atoms with E-state index in [9.17, 15) is 4.79 Å². The van der Waals surface area contributed by atoms with Gasteiger partial charge in [-0.1, -0.05) is 51.2 Å². The van der Waals surface area contributed by atoms with Crippen LogP contribution in [-0.4, -0.2) is 25.5 Å². The Morgan fingerprint density at radius 3 is 2.21 bits per heavy atom. The van der Waals surface area contributed by atoms with Crippen LogP contribution >= 0.6 is 0 Å². The number of unbranched alkanes of at least 4 members (excludes halogenated alkanes) is 5. The standard InChI is InChI=1S/C20H32O4/c1-4-7-8-9-10-11-15-18(21)17-14-12-13-16-19(17)24-20(22-5-2)23-6-3/h12-14,16,20H,4-11,15H2,1-3H3. The van der Waals surface area contributed by atoms with Crippen LogP contribution in [0.15, 0.2) is 24.3 Å². The number of ketones is 1. The van der Waals surface area contributed by atoms with Gasteiger partial charge in [0, 0.05) is 6.42 Å². The topological polar surface area (TPSA) is 44.8 Å². The molecule has 4 nitrogen and oxygen atoms in total. The SMILES string of the molecule is CCCCCCCCC(=O)c1ccccc1OC(OCC)OCC. The summed E-state index contributed by atoms with van der Waals surface area (Å²) < 4.78 is 16.5. The van der Waals surface area contributed by atoms with Crippen LogP contribution in [0.1, 0.15) is 76.1 Å². The first kappa shape index (κ1) is 20.7. The van der Waals surface area contributed by atoms with Gasteiger partial charge in [-0.3, -0.25) is 4.79 Å². The molecule has 136 valence electrons. The summed E-state index contributed by atoms with van der Waals surface area (Å²) >= 11 is 0. The van der Waals surface area contributed by atoms with Gasteiger partial charge in [0.25, 0.3) is 0 Å². The van der Waals surface area contributed by atoms with Crippen molar-refractivity contribution in [3.8, 4) is 5.75 Å². The van der Waals surface area contributed by atoms with Crippen LogP contribution in [0.3, 0.4) is 0 Å². The molecule has 0 bridgehead atoms. The van der Waals surface area contributed by atoms with Crippen molar-refractivity contribution in [3.63, 3.8) is 0 Å². The molecule has 0 aliphatic heterocycles. The van der Waals surface area contributed by atoms with Crippen LogP contribution in [0.2, 0.25) is 0 Å². The molecule has 1 aromatic rings. The van der Waals surface area contributed by atoms with E-state index in [-0.39, 0.29) is 5.78 Å². The third-order valence-electron chi connectivity index (χ3n) is 3.77. The van der Waals surface area contributed by atoms with Gasteiger partial charge in [0.15, 0.2) is 5.78 Å². The summed E-state index contributed by atoms with van der Waals surface area (Å²) in [5, 5.41) is 0. The fourth-order valence-corrected chi connectivity index (χ4v) is 2.49. The summed E-state index contributed by atoms with van der Waals surface area (Å²) in [4.78, 5) is 12.5. The van der Waals surface area contributed by atoms with Gasteiger partial charge in [-0.2, -0.15) is 0 Å². The highest BCUT2D eigenvalue weighted by Crippen LogP contribution is 2.22. The van der Waals surface area contributed by atoms with E-state index in [0.717, 1.165) is 12.8 Å². The Balaban J connectivity index is 2.56. The van der Waals surface area contributed by atoms with E-state index in [4.69, 9.17) is 14.2 Å². The van der Waals surface area contributed by atoms with Crippen LogP contribution in [0.25, 0.3) is 0 Å². The van der Waals surface area contributed by atoms with Gasteiger partial charge >= 0.3 is 6.48 Å². The van der Waals surface area contributed by atoms with Crippen molar-refractivity contribution in [2.24, 2.45) is 0 Å². The Kier molecular flexibility index (Phi) is 11.2. The fourth-order valence-electron chi connectivity index (χ4n) is 2.49. The Morgan fingerprint density at radius 2 is 1.54 bits per heavy atom. The molecular weight excluding hydrogens is 304 g/mol. The Hall–Kier alpha value is -1.39. The van der Waals surface area contributed by atoms with Crippen molar-refractivity contribution < 1.29 is 19.0 Å². The molecule has 0 aromatic heterocycles. The minimum absolute atomic E-state index is 0.118. The maximum atomic E-state index is 12.5. The average molecular weight is 336 g/mol. The number of para-hydroxylation sites is 1. The lowest BCUT2D eigenvalue weighted by Crippen LogP contribution is -2.25. The van der Waals surface area contributed by atoms with E-state index in [1.165, 1.54) is 25.7 Å². The third-order valence-corrected chi connectivity index (χ3v) is 3.77. The van der Waals surface area contributed by atoms with Crippen molar-refractivity contribution in [2.75, 3.05) is 13.2 Å². The van der Waals surface area contributed by atoms with E-state index in [2.05, 4.69) is 6.92 Å². The zero-order valence-corrected chi connectivity index (χ0v) is 15.4. The van der Waals surface area contributed by atoms with Crippen LogP contribution in [0.4, 0.5) is 0 Å². The van der Waals surface area contributed by atoms with Gasteiger partial charge in [-0.15, -0.1) is 0 Å². The second-order valence-electron chi connectivity index (χ2n) is 5.75. The fraction of sp³-hybridized carbons (Fsp3) is 0.650. The van der Waals surface area contributed by atoms with Crippen molar-refractivity contribution in [2.45, 2.75) is 72.2 Å². The smallest absolute Gasteiger partial charge is 0.315 e. The van der Waals surface area contributed by atoms with E-state index in [0.29, 0.717) is 30.9 Å².